The van der Waals surface area contributed by atoms with Gasteiger partial charge >= 0.3 is 0 Å². The van der Waals surface area contributed by atoms with Gasteiger partial charge in [0.15, 0.2) is 0 Å². The summed E-state index contributed by atoms with van der Waals surface area (Å²) in [5, 5.41) is 8.55. The van der Waals surface area contributed by atoms with Gasteiger partial charge in [0.1, 0.15) is 0 Å². The summed E-state index contributed by atoms with van der Waals surface area (Å²) >= 11 is 1.59. The van der Waals surface area contributed by atoms with Crippen LogP contribution in [-0.4, -0.2) is 41.2 Å². The van der Waals surface area contributed by atoms with Crippen molar-refractivity contribution in [1.82, 2.24) is 15.2 Å². The lowest BCUT2D eigenvalue weighted by molar-refractivity contribution is -0.0756. The number of rotatable bonds is 5. The van der Waals surface area contributed by atoms with E-state index in [1.165, 1.54) is 14.2 Å². The number of aryl methyl sites for hydroxylation is 2. The Morgan fingerprint density at radius 2 is 1.87 bits per heavy atom. The fourth-order valence-electron chi connectivity index (χ4n) is 3.13. The summed E-state index contributed by atoms with van der Waals surface area (Å²) in [6.07, 6.45) is 0. The maximum absolute atomic E-state index is 13.1. The molecule has 0 unspecified atom stereocenters. The maximum Gasteiger partial charge on any atom is 0.277 e. The first-order chi connectivity index (χ1) is 14.9. The maximum atomic E-state index is 13.1. The largest absolute Gasteiger partial charge is 0.335 e. The van der Waals surface area contributed by atoms with Crippen molar-refractivity contribution in [2.75, 3.05) is 19.5 Å². The van der Waals surface area contributed by atoms with Crippen LogP contribution in [0.3, 0.4) is 0 Å². The average molecular weight is 436 g/mol. The summed E-state index contributed by atoms with van der Waals surface area (Å²) in [7, 11) is 2.95. The standard InChI is InChI=1S/C22H20N4O4S/c1-12-5-10-18(31-12)17-11-16(19-13(2)25-30-21(19)24-17)20(27)23-15-8-6-14(7-9-15)22(28)26(3)29-4/h5-11H,1-4H3,(H,23,27). The van der Waals surface area contributed by atoms with E-state index in [9.17, 15) is 9.59 Å². The number of carbonyl (C=O) groups is 2. The van der Waals surface area contributed by atoms with Crippen molar-refractivity contribution in [2.45, 2.75) is 13.8 Å². The van der Waals surface area contributed by atoms with Crippen molar-refractivity contribution in [3.63, 3.8) is 0 Å². The highest BCUT2D eigenvalue weighted by Crippen LogP contribution is 2.31. The second-order valence-electron chi connectivity index (χ2n) is 6.93. The summed E-state index contributed by atoms with van der Waals surface area (Å²) in [4.78, 5) is 36.8. The van der Waals surface area contributed by atoms with E-state index in [0.29, 0.717) is 39.3 Å². The number of fused-ring (bicyclic) bond motifs is 1. The van der Waals surface area contributed by atoms with E-state index >= 15 is 0 Å². The molecule has 1 N–H and O–H groups in total. The number of hydroxylamine groups is 2. The van der Waals surface area contributed by atoms with E-state index in [1.54, 1.807) is 48.6 Å². The molecule has 0 aliphatic heterocycles. The molecule has 1 aromatic carbocycles. The smallest absolute Gasteiger partial charge is 0.277 e. The summed E-state index contributed by atoms with van der Waals surface area (Å²) in [6, 6.07) is 12.3. The highest BCUT2D eigenvalue weighted by Gasteiger charge is 2.20. The number of pyridine rings is 1. The number of carbonyl (C=O) groups excluding carboxylic acids is 2. The van der Waals surface area contributed by atoms with Crippen LogP contribution in [0, 0.1) is 13.8 Å². The molecule has 4 aromatic rings. The molecule has 0 radical (unpaired) electrons. The van der Waals surface area contributed by atoms with E-state index in [0.717, 1.165) is 14.8 Å². The summed E-state index contributed by atoms with van der Waals surface area (Å²) in [6.45, 7) is 3.78. The Balaban J connectivity index is 1.66. The molecule has 0 aliphatic carbocycles. The molecule has 0 spiro atoms. The third-order valence-corrected chi connectivity index (χ3v) is 5.83. The molecule has 3 aromatic heterocycles. The van der Waals surface area contributed by atoms with Gasteiger partial charge in [0, 0.05) is 23.2 Å². The molecule has 8 nitrogen and oxygen atoms in total. The number of amides is 2. The molecule has 2 amide bonds. The normalized spacial score (nSPS) is 11.0. The molecular formula is C22H20N4O4S. The summed E-state index contributed by atoms with van der Waals surface area (Å²) in [5.41, 5.74) is 2.97. The van der Waals surface area contributed by atoms with E-state index in [4.69, 9.17) is 9.36 Å². The van der Waals surface area contributed by atoms with Gasteiger partial charge in [-0.05, 0) is 56.3 Å². The van der Waals surface area contributed by atoms with Gasteiger partial charge in [-0.25, -0.2) is 10.0 Å². The van der Waals surface area contributed by atoms with Crippen LogP contribution in [0.2, 0.25) is 0 Å². The van der Waals surface area contributed by atoms with Crippen molar-refractivity contribution in [1.29, 1.82) is 0 Å². The number of nitrogens with one attached hydrogen (secondary N) is 1. The molecule has 0 saturated carbocycles. The van der Waals surface area contributed by atoms with Crippen molar-refractivity contribution in [3.05, 3.63) is 64.2 Å². The first kappa shape index (κ1) is 20.7. The van der Waals surface area contributed by atoms with Crippen LogP contribution in [0.1, 0.15) is 31.3 Å². The third kappa shape index (κ3) is 4.05. The van der Waals surface area contributed by atoms with E-state index < -0.39 is 0 Å². The fraction of sp³-hybridized carbons (Fsp3) is 0.182. The first-order valence-electron chi connectivity index (χ1n) is 9.45. The fourth-order valence-corrected chi connectivity index (χ4v) is 3.96. The van der Waals surface area contributed by atoms with E-state index in [2.05, 4.69) is 15.5 Å². The predicted octanol–water partition coefficient (Wildman–Crippen LogP) is 4.45. The number of thiophene rings is 1. The summed E-state index contributed by atoms with van der Waals surface area (Å²) in [5.74, 6) is -0.603. The first-order valence-corrected chi connectivity index (χ1v) is 10.3. The quantitative estimate of drug-likeness (QED) is 0.464. The third-order valence-electron chi connectivity index (χ3n) is 4.80. The average Bonchev–Trinajstić information content (AvgIpc) is 3.38. The highest BCUT2D eigenvalue weighted by molar-refractivity contribution is 7.15. The van der Waals surface area contributed by atoms with E-state index in [1.807, 2.05) is 19.1 Å². The minimum atomic E-state index is -0.318. The predicted molar refractivity (Wildman–Crippen MR) is 118 cm³/mol. The Kier molecular flexibility index (Phi) is 5.53. The number of nitrogens with zero attached hydrogens (tertiary/aromatic N) is 3. The molecular weight excluding hydrogens is 416 g/mol. The zero-order chi connectivity index (χ0) is 22.1. The highest BCUT2D eigenvalue weighted by atomic mass is 32.1. The van der Waals surface area contributed by atoms with Crippen LogP contribution in [0.5, 0.6) is 0 Å². The Morgan fingerprint density at radius 1 is 1.13 bits per heavy atom. The molecule has 0 saturated heterocycles. The topological polar surface area (TPSA) is 97.6 Å². The molecule has 0 bridgehead atoms. The molecule has 9 heteroatoms. The van der Waals surface area contributed by atoms with Gasteiger partial charge in [0.25, 0.3) is 17.5 Å². The van der Waals surface area contributed by atoms with Gasteiger partial charge in [0.2, 0.25) is 0 Å². The minimum Gasteiger partial charge on any atom is -0.335 e. The van der Waals surface area contributed by atoms with E-state index in [-0.39, 0.29) is 11.8 Å². The zero-order valence-electron chi connectivity index (χ0n) is 17.4. The molecule has 158 valence electrons. The Hall–Kier alpha value is -3.56. The van der Waals surface area contributed by atoms with Crippen LogP contribution in [0.25, 0.3) is 21.7 Å². The van der Waals surface area contributed by atoms with Gasteiger partial charge in [-0.1, -0.05) is 5.16 Å². The van der Waals surface area contributed by atoms with Crippen molar-refractivity contribution >= 4 is 39.9 Å². The van der Waals surface area contributed by atoms with Crippen LogP contribution in [-0.2, 0) is 4.84 Å². The van der Waals surface area contributed by atoms with Gasteiger partial charge in [-0.2, -0.15) is 0 Å². The molecule has 0 atom stereocenters. The van der Waals surface area contributed by atoms with Crippen molar-refractivity contribution in [2.24, 2.45) is 0 Å². The number of hydrogen-bond donors (Lipinski definition) is 1. The van der Waals surface area contributed by atoms with Gasteiger partial charge in [0.05, 0.1) is 34.3 Å². The van der Waals surface area contributed by atoms with Crippen molar-refractivity contribution in [3.8, 4) is 10.6 Å². The number of benzene rings is 1. The number of aromatic nitrogens is 2. The molecule has 0 fully saturated rings. The second-order valence-corrected chi connectivity index (χ2v) is 8.22. The lowest BCUT2D eigenvalue weighted by Crippen LogP contribution is -2.25. The molecule has 4 rings (SSSR count). The van der Waals surface area contributed by atoms with Crippen LogP contribution in [0.4, 0.5) is 5.69 Å². The lowest BCUT2D eigenvalue weighted by atomic mass is 10.1. The Morgan fingerprint density at radius 3 is 2.52 bits per heavy atom. The second kappa shape index (κ2) is 8.29. The van der Waals surface area contributed by atoms with Crippen LogP contribution >= 0.6 is 11.3 Å². The molecule has 3 heterocycles. The Bertz CT molecular complexity index is 1280. The van der Waals surface area contributed by atoms with Crippen LogP contribution in [0.15, 0.2) is 47.0 Å². The number of hydrogen-bond acceptors (Lipinski definition) is 7. The van der Waals surface area contributed by atoms with Gasteiger partial charge in [-0.3, -0.25) is 14.4 Å². The van der Waals surface area contributed by atoms with Crippen LogP contribution < -0.4 is 5.32 Å². The lowest BCUT2D eigenvalue weighted by Gasteiger charge is -2.14. The monoisotopic (exact) mass is 436 g/mol. The molecule has 0 aliphatic rings. The van der Waals surface area contributed by atoms with Crippen molar-refractivity contribution < 1.29 is 18.9 Å². The minimum absolute atomic E-state index is 0.285. The molecule has 31 heavy (non-hydrogen) atoms. The SMILES string of the molecule is CON(C)C(=O)c1ccc(NC(=O)c2cc(-c3ccc(C)s3)nc3onc(C)c23)cc1. The van der Waals surface area contributed by atoms with Gasteiger partial charge < -0.3 is 9.84 Å². The Labute approximate surface area is 182 Å². The zero-order valence-corrected chi connectivity index (χ0v) is 18.2. The summed E-state index contributed by atoms with van der Waals surface area (Å²) < 4.78 is 5.34. The van der Waals surface area contributed by atoms with Gasteiger partial charge in [-0.15, -0.1) is 11.3 Å². The number of anilines is 1.